The zero-order chi connectivity index (χ0) is 17.5. The van der Waals surface area contributed by atoms with Gasteiger partial charge in [0, 0.05) is 11.6 Å². The molecule has 1 amide bonds. The van der Waals surface area contributed by atoms with Gasteiger partial charge in [-0.3, -0.25) is 9.48 Å². The molecule has 0 saturated heterocycles. The zero-order valence-electron chi connectivity index (χ0n) is 14.7. The molecule has 0 spiro atoms. The van der Waals surface area contributed by atoms with Gasteiger partial charge in [-0.05, 0) is 69.0 Å². The number of carbonyl (C=O) groups excluding carboxylic acids is 1. The van der Waals surface area contributed by atoms with Gasteiger partial charge in [0.25, 0.3) is 5.91 Å². The largest absolute Gasteiger partial charge is 0.384 e. The first-order chi connectivity index (χ1) is 11.2. The van der Waals surface area contributed by atoms with Crippen LogP contribution in [0.4, 0.5) is 0 Å². The predicted octanol–water partition coefficient (Wildman–Crippen LogP) is 3.21. The number of thiophene rings is 1. The second kappa shape index (κ2) is 6.01. The van der Waals surface area contributed by atoms with Gasteiger partial charge in [0.2, 0.25) is 0 Å². The molecule has 1 saturated carbocycles. The van der Waals surface area contributed by atoms with Crippen molar-refractivity contribution in [3.63, 3.8) is 0 Å². The van der Waals surface area contributed by atoms with E-state index in [0.717, 1.165) is 24.1 Å². The number of rotatable bonds is 5. The van der Waals surface area contributed by atoms with Crippen LogP contribution in [0.1, 0.15) is 68.2 Å². The van der Waals surface area contributed by atoms with Crippen LogP contribution in [0, 0.1) is 0 Å². The summed E-state index contributed by atoms with van der Waals surface area (Å²) in [5.41, 5.74) is 1.14. The SMILES string of the molecule is CC(O)(CNC(=O)c1cc(C2CC2)n(C(C)(C)C)n1)c1ccsc1. The minimum Gasteiger partial charge on any atom is -0.384 e. The quantitative estimate of drug-likeness (QED) is 0.873. The number of aliphatic hydroxyl groups is 1. The number of hydrogen-bond acceptors (Lipinski definition) is 4. The maximum absolute atomic E-state index is 12.5. The van der Waals surface area contributed by atoms with Gasteiger partial charge in [0.15, 0.2) is 0 Å². The fraction of sp³-hybridized carbons (Fsp3) is 0.556. The minimum absolute atomic E-state index is 0.154. The molecule has 1 aliphatic carbocycles. The summed E-state index contributed by atoms with van der Waals surface area (Å²) >= 11 is 1.53. The Balaban J connectivity index is 1.74. The molecule has 0 aromatic carbocycles. The third-order valence-electron chi connectivity index (χ3n) is 4.34. The van der Waals surface area contributed by atoms with E-state index in [2.05, 4.69) is 31.2 Å². The van der Waals surface area contributed by atoms with E-state index < -0.39 is 5.60 Å². The van der Waals surface area contributed by atoms with Crippen LogP contribution in [0.3, 0.4) is 0 Å². The van der Waals surface area contributed by atoms with Crippen molar-refractivity contribution in [1.82, 2.24) is 15.1 Å². The molecular formula is C18H25N3O2S. The van der Waals surface area contributed by atoms with Crippen molar-refractivity contribution in [3.05, 3.63) is 39.8 Å². The Morgan fingerprint density at radius 1 is 1.42 bits per heavy atom. The van der Waals surface area contributed by atoms with E-state index in [1.54, 1.807) is 6.92 Å². The lowest BCUT2D eigenvalue weighted by Crippen LogP contribution is -2.38. The van der Waals surface area contributed by atoms with E-state index in [-0.39, 0.29) is 18.0 Å². The number of aromatic nitrogens is 2. The maximum Gasteiger partial charge on any atom is 0.271 e. The molecule has 0 aliphatic heterocycles. The van der Waals surface area contributed by atoms with E-state index >= 15 is 0 Å². The normalized spacial score (nSPS) is 17.5. The average molecular weight is 347 g/mol. The third-order valence-corrected chi connectivity index (χ3v) is 5.02. The van der Waals surface area contributed by atoms with Gasteiger partial charge in [0.1, 0.15) is 11.3 Å². The second-order valence-electron chi connectivity index (χ2n) is 7.78. The van der Waals surface area contributed by atoms with Gasteiger partial charge >= 0.3 is 0 Å². The van der Waals surface area contributed by atoms with Gasteiger partial charge in [0.05, 0.1) is 12.1 Å². The first kappa shape index (κ1) is 17.2. The molecule has 2 aromatic heterocycles. The van der Waals surface area contributed by atoms with Crippen molar-refractivity contribution in [2.45, 2.75) is 57.6 Å². The van der Waals surface area contributed by atoms with E-state index in [0.29, 0.717) is 11.6 Å². The summed E-state index contributed by atoms with van der Waals surface area (Å²) in [5.74, 6) is 0.280. The van der Waals surface area contributed by atoms with Crippen LogP contribution in [-0.2, 0) is 11.1 Å². The molecule has 5 nitrogen and oxygen atoms in total. The Kier molecular flexibility index (Phi) is 4.30. The molecule has 1 aliphatic rings. The summed E-state index contributed by atoms with van der Waals surface area (Å²) < 4.78 is 1.97. The average Bonchev–Trinajstić information content (AvgIpc) is 3.03. The summed E-state index contributed by atoms with van der Waals surface area (Å²) in [7, 11) is 0. The molecule has 0 radical (unpaired) electrons. The lowest BCUT2D eigenvalue weighted by atomic mass is 9.99. The molecule has 1 unspecified atom stereocenters. The molecule has 1 fully saturated rings. The Hall–Kier alpha value is -1.66. The van der Waals surface area contributed by atoms with Gasteiger partial charge in [-0.1, -0.05) is 0 Å². The van der Waals surface area contributed by atoms with Crippen LogP contribution in [0.25, 0.3) is 0 Å². The highest BCUT2D eigenvalue weighted by atomic mass is 32.1. The van der Waals surface area contributed by atoms with E-state index in [4.69, 9.17) is 0 Å². The van der Waals surface area contributed by atoms with E-state index in [1.165, 1.54) is 11.3 Å². The van der Waals surface area contributed by atoms with Crippen molar-refractivity contribution in [3.8, 4) is 0 Å². The Morgan fingerprint density at radius 3 is 2.67 bits per heavy atom. The van der Waals surface area contributed by atoms with Crippen LogP contribution in [0.15, 0.2) is 22.9 Å². The lowest BCUT2D eigenvalue weighted by molar-refractivity contribution is 0.0528. The van der Waals surface area contributed by atoms with Crippen LogP contribution >= 0.6 is 11.3 Å². The molecule has 6 heteroatoms. The number of nitrogens with one attached hydrogen (secondary N) is 1. The Morgan fingerprint density at radius 2 is 2.12 bits per heavy atom. The predicted molar refractivity (Wildman–Crippen MR) is 95.4 cm³/mol. The molecule has 2 aromatic rings. The number of carbonyl (C=O) groups is 1. The van der Waals surface area contributed by atoms with Crippen LogP contribution in [-0.4, -0.2) is 27.3 Å². The number of hydrogen-bond donors (Lipinski definition) is 2. The Labute approximate surface area is 146 Å². The van der Waals surface area contributed by atoms with Crippen molar-refractivity contribution in [1.29, 1.82) is 0 Å². The molecule has 2 heterocycles. The maximum atomic E-state index is 12.5. The smallest absolute Gasteiger partial charge is 0.271 e. The van der Waals surface area contributed by atoms with Gasteiger partial charge < -0.3 is 10.4 Å². The first-order valence-electron chi connectivity index (χ1n) is 8.32. The summed E-state index contributed by atoms with van der Waals surface area (Å²) in [6, 6.07) is 3.77. The highest BCUT2D eigenvalue weighted by Crippen LogP contribution is 2.41. The van der Waals surface area contributed by atoms with Crippen LogP contribution in [0.5, 0.6) is 0 Å². The van der Waals surface area contributed by atoms with Crippen molar-refractivity contribution >= 4 is 17.2 Å². The highest BCUT2D eigenvalue weighted by molar-refractivity contribution is 7.08. The summed E-state index contributed by atoms with van der Waals surface area (Å²) in [4.78, 5) is 12.5. The molecular weight excluding hydrogens is 322 g/mol. The molecule has 0 bridgehead atoms. The van der Waals surface area contributed by atoms with Gasteiger partial charge in [-0.25, -0.2) is 0 Å². The second-order valence-corrected chi connectivity index (χ2v) is 8.56. The van der Waals surface area contributed by atoms with Crippen LogP contribution < -0.4 is 5.32 Å². The van der Waals surface area contributed by atoms with E-state index in [9.17, 15) is 9.90 Å². The first-order valence-corrected chi connectivity index (χ1v) is 9.26. The Bertz CT molecular complexity index is 722. The van der Waals surface area contributed by atoms with Crippen LogP contribution in [0.2, 0.25) is 0 Å². The molecule has 24 heavy (non-hydrogen) atoms. The molecule has 3 rings (SSSR count). The fourth-order valence-corrected chi connectivity index (χ4v) is 3.51. The summed E-state index contributed by atoms with van der Waals surface area (Å²) in [6.45, 7) is 8.14. The fourth-order valence-electron chi connectivity index (χ4n) is 2.73. The van der Waals surface area contributed by atoms with Crippen molar-refractivity contribution < 1.29 is 9.90 Å². The topological polar surface area (TPSA) is 67.2 Å². The third kappa shape index (κ3) is 3.54. The van der Waals surface area contributed by atoms with Gasteiger partial charge in [-0.15, -0.1) is 0 Å². The minimum atomic E-state index is -1.08. The number of nitrogens with zero attached hydrogens (tertiary/aromatic N) is 2. The molecule has 2 N–H and O–H groups in total. The number of amides is 1. The molecule has 130 valence electrons. The standard InChI is InChI=1S/C18H25N3O2S/c1-17(2,3)21-15(12-5-6-12)9-14(20-21)16(22)19-11-18(4,23)13-7-8-24-10-13/h7-10,12,23H,5-6,11H2,1-4H3,(H,19,22). The van der Waals surface area contributed by atoms with Crippen molar-refractivity contribution in [2.75, 3.05) is 6.54 Å². The summed E-state index contributed by atoms with van der Waals surface area (Å²) in [6.07, 6.45) is 2.32. The van der Waals surface area contributed by atoms with Gasteiger partial charge in [-0.2, -0.15) is 16.4 Å². The highest BCUT2D eigenvalue weighted by Gasteiger charge is 2.33. The van der Waals surface area contributed by atoms with Crippen molar-refractivity contribution in [2.24, 2.45) is 0 Å². The lowest BCUT2D eigenvalue weighted by Gasteiger charge is -2.23. The van der Waals surface area contributed by atoms with E-state index in [1.807, 2.05) is 27.6 Å². The monoisotopic (exact) mass is 347 g/mol. The molecule has 1 atom stereocenters. The zero-order valence-corrected chi connectivity index (χ0v) is 15.5. The summed E-state index contributed by atoms with van der Waals surface area (Å²) in [5, 5.41) is 21.7.